The first-order valence-corrected chi connectivity index (χ1v) is 7.48. The van der Waals surface area contributed by atoms with Crippen LogP contribution < -0.4 is 9.64 Å². The summed E-state index contributed by atoms with van der Waals surface area (Å²) < 4.78 is 19.5. The van der Waals surface area contributed by atoms with Crippen LogP contribution in [0.15, 0.2) is 30.3 Å². The van der Waals surface area contributed by atoms with Crippen molar-refractivity contribution in [3.05, 3.63) is 57.9 Å². The Kier molecular flexibility index (Phi) is 4.18. The zero-order chi connectivity index (χ0) is 18.3. The van der Waals surface area contributed by atoms with E-state index in [9.17, 15) is 18.8 Å². The second kappa shape index (κ2) is 6.18. The molecule has 25 heavy (non-hydrogen) atoms. The lowest BCUT2D eigenvalue weighted by Gasteiger charge is -2.15. The maximum atomic E-state index is 14.4. The normalized spacial score (nSPS) is 13.2. The molecule has 128 valence electrons. The van der Waals surface area contributed by atoms with Crippen molar-refractivity contribution >= 4 is 35.1 Å². The number of aliphatic carboxylic acids is 1. The van der Waals surface area contributed by atoms with Gasteiger partial charge in [0.1, 0.15) is 11.6 Å². The SMILES string of the molecule is COc1ccc(Cl)c2c1C(=O)N(c1ccc(CC(=O)O)cc1F)C2=O. The fourth-order valence-electron chi connectivity index (χ4n) is 2.70. The minimum Gasteiger partial charge on any atom is -0.496 e. The first kappa shape index (κ1) is 16.9. The molecule has 0 atom stereocenters. The summed E-state index contributed by atoms with van der Waals surface area (Å²) in [5.74, 6) is -3.38. The van der Waals surface area contributed by atoms with Gasteiger partial charge in [0.05, 0.1) is 35.4 Å². The Labute approximate surface area is 146 Å². The zero-order valence-corrected chi connectivity index (χ0v) is 13.6. The van der Waals surface area contributed by atoms with E-state index in [2.05, 4.69) is 0 Å². The number of amides is 2. The highest BCUT2D eigenvalue weighted by molar-refractivity contribution is 6.42. The van der Waals surface area contributed by atoms with Gasteiger partial charge >= 0.3 is 5.97 Å². The molecule has 1 heterocycles. The van der Waals surface area contributed by atoms with E-state index in [1.54, 1.807) is 0 Å². The number of carboxylic acid groups (broad SMARTS) is 1. The highest BCUT2D eigenvalue weighted by Crippen LogP contribution is 2.38. The Balaban J connectivity index is 2.08. The van der Waals surface area contributed by atoms with Crippen molar-refractivity contribution in [2.75, 3.05) is 12.0 Å². The summed E-state index contributed by atoms with van der Waals surface area (Å²) in [4.78, 5) is 36.7. The summed E-state index contributed by atoms with van der Waals surface area (Å²) in [6.45, 7) is 0. The van der Waals surface area contributed by atoms with Crippen molar-refractivity contribution in [3.63, 3.8) is 0 Å². The molecule has 3 rings (SSSR count). The molecule has 1 aliphatic rings. The number of hydrogen-bond acceptors (Lipinski definition) is 4. The number of anilines is 1. The second-order valence-corrected chi connectivity index (χ2v) is 5.71. The molecule has 0 aliphatic carbocycles. The van der Waals surface area contributed by atoms with E-state index in [1.165, 1.54) is 31.4 Å². The molecule has 0 saturated carbocycles. The number of ether oxygens (including phenoxy) is 1. The zero-order valence-electron chi connectivity index (χ0n) is 12.9. The minimum atomic E-state index is -1.12. The Morgan fingerprint density at radius 3 is 2.48 bits per heavy atom. The van der Waals surface area contributed by atoms with Gasteiger partial charge in [-0.15, -0.1) is 0 Å². The molecule has 0 aromatic heterocycles. The van der Waals surface area contributed by atoms with Gasteiger partial charge in [0.25, 0.3) is 11.8 Å². The Hall–Kier alpha value is -2.93. The van der Waals surface area contributed by atoms with Gasteiger partial charge in [-0.3, -0.25) is 14.4 Å². The van der Waals surface area contributed by atoms with Crippen LogP contribution in [0.4, 0.5) is 10.1 Å². The maximum absolute atomic E-state index is 14.4. The number of carbonyl (C=O) groups is 3. The molecule has 1 N–H and O–H groups in total. The van der Waals surface area contributed by atoms with E-state index in [1.807, 2.05) is 0 Å². The standard InChI is InChI=1S/C17H11ClFNO5/c1-25-12-5-3-9(18)14-15(12)17(24)20(16(14)23)11-4-2-8(6-10(11)19)7-13(21)22/h2-6H,7H2,1H3,(H,21,22). The summed E-state index contributed by atoms with van der Waals surface area (Å²) in [6, 6.07) is 6.37. The van der Waals surface area contributed by atoms with Crippen LogP contribution in [0, 0.1) is 5.82 Å². The molecule has 2 aromatic carbocycles. The Morgan fingerprint density at radius 1 is 1.20 bits per heavy atom. The van der Waals surface area contributed by atoms with E-state index in [0.29, 0.717) is 4.90 Å². The average Bonchev–Trinajstić information content (AvgIpc) is 2.81. The lowest BCUT2D eigenvalue weighted by molar-refractivity contribution is -0.136. The molecule has 8 heteroatoms. The lowest BCUT2D eigenvalue weighted by atomic mass is 10.1. The second-order valence-electron chi connectivity index (χ2n) is 5.30. The third-order valence-electron chi connectivity index (χ3n) is 3.78. The first-order chi connectivity index (χ1) is 11.8. The van der Waals surface area contributed by atoms with E-state index in [0.717, 1.165) is 6.07 Å². The molecule has 1 aliphatic heterocycles. The third kappa shape index (κ3) is 2.72. The van der Waals surface area contributed by atoms with Crippen molar-refractivity contribution in [2.45, 2.75) is 6.42 Å². The average molecular weight is 364 g/mol. The van der Waals surface area contributed by atoms with Gasteiger partial charge in [0, 0.05) is 0 Å². The van der Waals surface area contributed by atoms with E-state index in [-0.39, 0.29) is 39.6 Å². The van der Waals surface area contributed by atoms with Crippen molar-refractivity contribution < 1.29 is 28.6 Å². The summed E-state index contributed by atoms with van der Waals surface area (Å²) in [7, 11) is 1.34. The molecule has 0 radical (unpaired) electrons. The van der Waals surface area contributed by atoms with Crippen LogP contribution in [-0.2, 0) is 11.2 Å². The molecule has 0 spiro atoms. The van der Waals surface area contributed by atoms with E-state index >= 15 is 0 Å². The lowest BCUT2D eigenvalue weighted by Crippen LogP contribution is -2.30. The monoisotopic (exact) mass is 363 g/mol. The quantitative estimate of drug-likeness (QED) is 0.844. The number of imide groups is 1. The van der Waals surface area contributed by atoms with Crippen LogP contribution in [0.5, 0.6) is 5.75 Å². The predicted molar refractivity (Wildman–Crippen MR) is 86.9 cm³/mol. The van der Waals surface area contributed by atoms with Gasteiger partial charge in [-0.05, 0) is 29.8 Å². The van der Waals surface area contributed by atoms with Crippen LogP contribution in [0.2, 0.25) is 5.02 Å². The van der Waals surface area contributed by atoms with Crippen LogP contribution in [-0.4, -0.2) is 30.0 Å². The topological polar surface area (TPSA) is 83.9 Å². The number of carboxylic acids is 1. The molecule has 0 fully saturated rings. The summed E-state index contributed by atoms with van der Waals surface area (Å²) in [5.41, 5.74) is -0.159. The van der Waals surface area contributed by atoms with Gasteiger partial charge in [0.2, 0.25) is 0 Å². The highest BCUT2D eigenvalue weighted by Gasteiger charge is 2.42. The largest absolute Gasteiger partial charge is 0.496 e. The molecule has 2 amide bonds. The van der Waals surface area contributed by atoms with Crippen molar-refractivity contribution in [3.8, 4) is 5.75 Å². The van der Waals surface area contributed by atoms with Crippen LogP contribution in [0.25, 0.3) is 0 Å². The van der Waals surface area contributed by atoms with E-state index in [4.69, 9.17) is 21.4 Å². The minimum absolute atomic E-state index is 0.0333. The molecular formula is C17H11ClFNO5. The van der Waals surface area contributed by atoms with E-state index < -0.39 is 23.6 Å². The predicted octanol–water partition coefficient (Wildman–Crippen LogP) is 2.92. The summed E-state index contributed by atoms with van der Waals surface area (Å²) in [6.07, 6.45) is -0.376. The Bertz CT molecular complexity index is 927. The van der Waals surface area contributed by atoms with Crippen molar-refractivity contribution in [2.24, 2.45) is 0 Å². The van der Waals surface area contributed by atoms with Gasteiger partial charge in [0.15, 0.2) is 0 Å². The number of carbonyl (C=O) groups excluding carboxylic acids is 2. The van der Waals surface area contributed by atoms with Crippen LogP contribution in [0.3, 0.4) is 0 Å². The fraction of sp³-hybridized carbons (Fsp3) is 0.118. The summed E-state index contributed by atoms with van der Waals surface area (Å²) >= 11 is 6.02. The van der Waals surface area contributed by atoms with Crippen molar-refractivity contribution in [1.29, 1.82) is 0 Å². The first-order valence-electron chi connectivity index (χ1n) is 7.10. The third-order valence-corrected chi connectivity index (χ3v) is 4.09. The number of fused-ring (bicyclic) bond motifs is 1. The highest BCUT2D eigenvalue weighted by atomic mass is 35.5. The Morgan fingerprint density at radius 2 is 1.88 bits per heavy atom. The van der Waals surface area contributed by atoms with Crippen LogP contribution >= 0.6 is 11.6 Å². The molecule has 0 unspecified atom stereocenters. The molecule has 0 bridgehead atoms. The van der Waals surface area contributed by atoms with Crippen LogP contribution in [0.1, 0.15) is 26.3 Å². The summed E-state index contributed by atoms with van der Waals surface area (Å²) in [5, 5.41) is 8.81. The smallest absolute Gasteiger partial charge is 0.307 e. The molecule has 2 aromatic rings. The molecule has 6 nitrogen and oxygen atoms in total. The number of methoxy groups -OCH3 is 1. The number of benzene rings is 2. The number of halogens is 2. The maximum Gasteiger partial charge on any atom is 0.307 e. The number of rotatable bonds is 4. The van der Waals surface area contributed by atoms with Gasteiger partial charge in [-0.1, -0.05) is 17.7 Å². The van der Waals surface area contributed by atoms with Gasteiger partial charge < -0.3 is 9.84 Å². The fourth-order valence-corrected chi connectivity index (χ4v) is 2.94. The molecule has 0 saturated heterocycles. The van der Waals surface area contributed by atoms with Crippen molar-refractivity contribution in [1.82, 2.24) is 0 Å². The van der Waals surface area contributed by atoms with Gasteiger partial charge in [-0.2, -0.15) is 0 Å². The number of hydrogen-bond donors (Lipinski definition) is 1. The molecular weight excluding hydrogens is 353 g/mol. The number of nitrogens with zero attached hydrogens (tertiary/aromatic N) is 1. The van der Waals surface area contributed by atoms with Gasteiger partial charge in [-0.25, -0.2) is 9.29 Å².